The van der Waals surface area contributed by atoms with Crippen LogP contribution in [-0.4, -0.2) is 31.5 Å². The van der Waals surface area contributed by atoms with Gasteiger partial charge in [0.2, 0.25) is 10.0 Å². The minimum Gasteiger partial charge on any atom is -0.485 e. The van der Waals surface area contributed by atoms with Crippen LogP contribution < -0.4 is 9.46 Å². The molecule has 0 radical (unpaired) electrons. The average molecular weight is 531 g/mol. The van der Waals surface area contributed by atoms with E-state index in [1.807, 2.05) is 51.1 Å². The molecule has 2 heterocycles. The van der Waals surface area contributed by atoms with Crippen molar-refractivity contribution in [2.45, 2.75) is 31.8 Å². The number of carboxylic acids is 1. The Morgan fingerprint density at radius 3 is 2.42 bits per heavy atom. The molecule has 0 aliphatic rings. The number of ether oxygens (including phenoxy) is 1. The van der Waals surface area contributed by atoms with E-state index in [2.05, 4.69) is 4.72 Å². The van der Waals surface area contributed by atoms with Gasteiger partial charge in [0.25, 0.3) is 0 Å². The van der Waals surface area contributed by atoms with Crippen LogP contribution in [0.3, 0.4) is 0 Å². The Balaban J connectivity index is 1.60. The molecule has 0 amide bonds. The fourth-order valence-electron chi connectivity index (χ4n) is 4.54. The second-order valence-electron chi connectivity index (χ2n) is 9.05. The first kappa shape index (κ1) is 25.4. The number of pyridine rings is 1. The van der Waals surface area contributed by atoms with Crippen LogP contribution in [0.4, 0.5) is 0 Å². The minimum atomic E-state index is -3.56. The van der Waals surface area contributed by atoms with E-state index in [1.165, 1.54) is 25.2 Å². The number of fused-ring (bicyclic) bond motifs is 2. The lowest BCUT2D eigenvalue weighted by atomic mass is 10.0. The molecule has 3 aromatic carbocycles. The molecule has 194 valence electrons. The van der Waals surface area contributed by atoms with E-state index in [4.69, 9.17) is 14.1 Å². The lowest BCUT2D eigenvalue weighted by Gasteiger charge is -2.19. The van der Waals surface area contributed by atoms with Crippen molar-refractivity contribution in [3.05, 3.63) is 89.0 Å². The molecule has 0 saturated carbocycles. The highest BCUT2D eigenvalue weighted by Crippen LogP contribution is 2.38. The first-order valence-corrected chi connectivity index (χ1v) is 13.5. The van der Waals surface area contributed by atoms with Crippen LogP contribution in [0.5, 0.6) is 5.75 Å². The van der Waals surface area contributed by atoms with Crippen molar-refractivity contribution >= 4 is 37.9 Å². The Hall–Kier alpha value is -4.21. The topological polar surface area (TPSA) is 119 Å². The number of nitrogens with zero attached hydrogens (tertiary/aromatic N) is 1. The van der Waals surface area contributed by atoms with Crippen molar-refractivity contribution in [2.75, 3.05) is 7.05 Å². The van der Waals surface area contributed by atoms with Gasteiger partial charge in [0.1, 0.15) is 23.1 Å². The van der Waals surface area contributed by atoms with Gasteiger partial charge in [-0.05, 0) is 69.3 Å². The van der Waals surface area contributed by atoms with E-state index in [0.717, 1.165) is 22.1 Å². The van der Waals surface area contributed by atoms with Crippen molar-refractivity contribution < 1.29 is 27.5 Å². The van der Waals surface area contributed by atoms with E-state index in [-0.39, 0.29) is 10.5 Å². The lowest BCUT2D eigenvalue weighted by molar-refractivity contribution is 0.0698. The fourth-order valence-corrected chi connectivity index (χ4v) is 5.27. The molecule has 0 saturated heterocycles. The Labute approximate surface area is 219 Å². The lowest BCUT2D eigenvalue weighted by Crippen LogP contribution is -2.18. The van der Waals surface area contributed by atoms with Crippen LogP contribution in [0.15, 0.2) is 76.0 Å². The van der Waals surface area contributed by atoms with E-state index >= 15 is 0 Å². The van der Waals surface area contributed by atoms with Crippen LogP contribution in [0.25, 0.3) is 33.3 Å². The summed E-state index contributed by atoms with van der Waals surface area (Å²) in [5, 5.41) is 11.5. The number of carbonyl (C=O) groups is 1. The van der Waals surface area contributed by atoms with Gasteiger partial charge in [0, 0.05) is 10.9 Å². The highest BCUT2D eigenvalue weighted by molar-refractivity contribution is 7.89. The van der Waals surface area contributed by atoms with E-state index < -0.39 is 22.1 Å². The molecule has 1 atom stereocenters. The molecule has 2 N–H and O–H groups in total. The van der Waals surface area contributed by atoms with Gasteiger partial charge in [0.05, 0.1) is 21.4 Å². The van der Waals surface area contributed by atoms with Crippen LogP contribution in [0.2, 0.25) is 0 Å². The average Bonchev–Trinajstić information content (AvgIpc) is 3.26. The van der Waals surface area contributed by atoms with Crippen molar-refractivity contribution in [1.29, 1.82) is 0 Å². The zero-order valence-corrected chi connectivity index (χ0v) is 22.1. The monoisotopic (exact) mass is 530 g/mol. The molecule has 5 rings (SSSR count). The summed E-state index contributed by atoms with van der Waals surface area (Å²) >= 11 is 0. The SMILES string of the molecule is CNS(=O)(=O)c1ccc(C(C)Oc2ccc(C)c3nc(-c4oc5ccccc5c4C)cc(C(=O)O)c23)cc1. The van der Waals surface area contributed by atoms with Gasteiger partial charge in [-0.25, -0.2) is 22.9 Å². The van der Waals surface area contributed by atoms with Gasteiger partial charge >= 0.3 is 5.97 Å². The molecule has 8 nitrogen and oxygen atoms in total. The van der Waals surface area contributed by atoms with Gasteiger partial charge in [-0.2, -0.15) is 0 Å². The number of benzene rings is 3. The summed E-state index contributed by atoms with van der Waals surface area (Å²) in [6.07, 6.45) is -0.494. The zero-order valence-electron chi connectivity index (χ0n) is 21.3. The molecular weight excluding hydrogens is 504 g/mol. The summed E-state index contributed by atoms with van der Waals surface area (Å²) in [6.45, 7) is 5.60. The Morgan fingerprint density at radius 2 is 1.76 bits per heavy atom. The summed E-state index contributed by atoms with van der Waals surface area (Å²) in [6, 6.07) is 19.1. The first-order chi connectivity index (χ1) is 18.1. The van der Waals surface area contributed by atoms with Crippen molar-refractivity contribution in [2.24, 2.45) is 0 Å². The number of carboxylic acid groups (broad SMARTS) is 1. The molecule has 0 fully saturated rings. The van der Waals surface area contributed by atoms with Crippen LogP contribution in [0, 0.1) is 13.8 Å². The maximum atomic E-state index is 12.5. The number of rotatable bonds is 7. The third-order valence-electron chi connectivity index (χ3n) is 6.66. The van der Waals surface area contributed by atoms with E-state index in [1.54, 1.807) is 18.2 Å². The second-order valence-corrected chi connectivity index (χ2v) is 10.9. The molecular formula is C29H26N2O6S. The molecule has 5 aromatic rings. The third kappa shape index (κ3) is 4.40. The fraction of sp³-hybridized carbons (Fsp3) is 0.172. The number of sulfonamides is 1. The summed E-state index contributed by atoms with van der Waals surface area (Å²) in [7, 11) is -2.21. The Bertz CT molecular complexity index is 1810. The maximum absolute atomic E-state index is 12.5. The largest absolute Gasteiger partial charge is 0.485 e. The number of nitrogens with one attached hydrogen (secondary N) is 1. The van der Waals surface area contributed by atoms with E-state index in [0.29, 0.717) is 33.7 Å². The predicted octanol–water partition coefficient (Wildman–Crippen LogP) is 6.01. The van der Waals surface area contributed by atoms with Crippen molar-refractivity contribution in [3.8, 4) is 17.2 Å². The molecule has 0 bridgehead atoms. The number of hydrogen-bond acceptors (Lipinski definition) is 6. The number of aromatic carboxylic acids is 1. The highest BCUT2D eigenvalue weighted by Gasteiger charge is 2.23. The molecule has 2 aromatic heterocycles. The molecule has 38 heavy (non-hydrogen) atoms. The van der Waals surface area contributed by atoms with Gasteiger partial charge in [-0.15, -0.1) is 0 Å². The number of aromatic nitrogens is 1. The predicted molar refractivity (Wildman–Crippen MR) is 145 cm³/mol. The van der Waals surface area contributed by atoms with Gasteiger partial charge in [-0.1, -0.05) is 36.4 Å². The molecule has 0 aliphatic carbocycles. The summed E-state index contributed by atoms with van der Waals surface area (Å²) in [4.78, 5) is 17.4. The Kier molecular flexibility index (Phi) is 6.42. The van der Waals surface area contributed by atoms with Gasteiger partial charge in [-0.3, -0.25) is 0 Å². The standard InChI is InChI=1S/C29H26N2O6S/c1-16-9-14-25(36-18(3)19-10-12-20(13-11-19)38(34,35)30-4)26-22(29(32)33)15-23(31-27(16)26)28-17(2)21-7-5-6-8-24(21)37-28/h5-15,18,30H,1-4H3,(H,32,33). The number of aryl methyl sites for hydroxylation is 2. The number of furan rings is 1. The van der Waals surface area contributed by atoms with Crippen LogP contribution in [-0.2, 0) is 10.0 Å². The minimum absolute atomic E-state index is 0.0474. The van der Waals surface area contributed by atoms with Crippen molar-refractivity contribution in [3.63, 3.8) is 0 Å². The second kappa shape index (κ2) is 9.59. The molecule has 0 spiro atoms. The third-order valence-corrected chi connectivity index (χ3v) is 8.09. The summed E-state index contributed by atoms with van der Waals surface area (Å²) in [5.41, 5.74) is 4.08. The van der Waals surface area contributed by atoms with Gasteiger partial charge < -0.3 is 14.3 Å². The maximum Gasteiger partial charge on any atom is 0.336 e. The summed E-state index contributed by atoms with van der Waals surface area (Å²) < 4.78 is 38.7. The normalized spacial score (nSPS) is 12.6. The highest BCUT2D eigenvalue weighted by atomic mass is 32.2. The number of para-hydroxylation sites is 1. The quantitative estimate of drug-likeness (QED) is 0.264. The Morgan fingerprint density at radius 1 is 1.05 bits per heavy atom. The van der Waals surface area contributed by atoms with Crippen molar-refractivity contribution in [1.82, 2.24) is 9.71 Å². The van der Waals surface area contributed by atoms with E-state index in [9.17, 15) is 18.3 Å². The first-order valence-electron chi connectivity index (χ1n) is 12.0. The van der Waals surface area contributed by atoms with Crippen LogP contribution in [0.1, 0.15) is 40.1 Å². The zero-order chi connectivity index (χ0) is 27.2. The molecule has 1 unspecified atom stereocenters. The molecule has 0 aliphatic heterocycles. The molecule has 9 heteroatoms. The van der Waals surface area contributed by atoms with Gasteiger partial charge in [0.15, 0.2) is 5.76 Å². The number of hydrogen-bond donors (Lipinski definition) is 2. The van der Waals surface area contributed by atoms with Crippen LogP contribution >= 0.6 is 0 Å². The summed E-state index contributed by atoms with van der Waals surface area (Å²) in [5.74, 6) is -0.230. The smallest absolute Gasteiger partial charge is 0.336 e.